The van der Waals surface area contributed by atoms with E-state index in [-0.39, 0.29) is 5.91 Å². The zero-order valence-electron chi connectivity index (χ0n) is 12.3. The lowest BCUT2D eigenvalue weighted by molar-refractivity contribution is 0.0953. The number of nitrogens with one attached hydrogen (secondary N) is 1. The lowest BCUT2D eigenvalue weighted by Gasteiger charge is -2.15. The van der Waals surface area contributed by atoms with Crippen molar-refractivity contribution >= 4 is 5.91 Å². The van der Waals surface area contributed by atoms with Gasteiger partial charge in [0.15, 0.2) is 0 Å². The van der Waals surface area contributed by atoms with Gasteiger partial charge in [-0.15, -0.1) is 0 Å². The van der Waals surface area contributed by atoms with Gasteiger partial charge in [0.05, 0.1) is 16.9 Å². The maximum absolute atomic E-state index is 12.0. The van der Waals surface area contributed by atoms with Crippen LogP contribution in [-0.4, -0.2) is 10.5 Å². The molecule has 110 valence electrons. The number of carbonyl (C=O) groups excluding carboxylic acids is 1. The van der Waals surface area contributed by atoms with Crippen LogP contribution in [0.3, 0.4) is 0 Å². The number of carbonyl (C=O) groups is 1. The summed E-state index contributed by atoms with van der Waals surface area (Å²) in [6.07, 6.45) is 0. The highest BCUT2D eigenvalue weighted by Crippen LogP contribution is 2.28. The second-order valence-electron chi connectivity index (χ2n) is 5.05. The Morgan fingerprint density at radius 3 is 2.36 bits per heavy atom. The number of aryl methyl sites for hydroxylation is 1. The monoisotopic (exact) mass is 291 g/mol. The van der Waals surface area contributed by atoms with Gasteiger partial charge in [-0.2, -0.15) is 0 Å². The van der Waals surface area contributed by atoms with Crippen LogP contribution in [0.1, 0.15) is 16.1 Å². The number of nitrogens with two attached hydrogens (primary N) is 1. The molecule has 0 bridgehead atoms. The van der Waals surface area contributed by atoms with E-state index in [2.05, 4.69) is 28.2 Å². The van der Waals surface area contributed by atoms with Gasteiger partial charge in [0.1, 0.15) is 0 Å². The van der Waals surface area contributed by atoms with E-state index in [0.29, 0.717) is 5.56 Å². The Kier molecular flexibility index (Phi) is 3.76. The summed E-state index contributed by atoms with van der Waals surface area (Å²) in [4.78, 5) is 12.0. The molecule has 3 N–H and O–H groups in total. The molecule has 2 aromatic carbocycles. The van der Waals surface area contributed by atoms with Crippen LogP contribution in [0.4, 0.5) is 0 Å². The Labute approximate surface area is 129 Å². The third-order valence-corrected chi connectivity index (χ3v) is 3.67. The van der Waals surface area contributed by atoms with E-state index >= 15 is 0 Å². The molecule has 4 heteroatoms. The molecule has 0 fully saturated rings. The molecule has 1 heterocycles. The number of aromatic nitrogens is 1. The quantitative estimate of drug-likeness (QED) is 0.442. The Bertz CT molecular complexity index is 806. The molecule has 0 saturated heterocycles. The van der Waals surface area contributed by atoms with Crippen molar-refractivity contribution in [1.82, 2.24) is 9.99 Å². The first-order valence-corrected chi connectivity index (χ1v) is 7.06. The minimum absolute atomic E-state index is 0.303. The first-order valence-electron chi connectivity index (χ1n) is 7.06. The van der Waals surface area contributed by atoms with Crippen LogP contribution in [0.15, 0.2) is 66.7 Å². The molecule has 0 aliphatic heterocycles. The predicted octanol–water partition coefficient (Wildman–Crippen LogP) is 3.06. The first kappa shape index (κ1) is 14.1. The molecule has 0 atom stereocenters. The van der Waals surface area contributed by atoms with Gasteiger partial charge in [-0.1, -0.05) is 42.5 Å². The van der Waals surface area contributed by atoms with Gasteiger partial charge in [0.25, 0.3) is 5.91 Å². The van der Waals surface area contributed by atoms with Gasteiger partial charge in [0.2, 0.25) is 0 Å². The molecule has 4 nitrogen and oxygen atoms in total. The second-order valence-corrected chi connectivity index (χ2v) is 5.05. The summed E-state index contributed by atoms with van der Waals surface area (Å²) in [5, 5.41) is 0. The van der Waals surface area contributed by atoms with Crippen molar-refractivity contribution in [2.75, 3.05) is 0 Å². The molecule has 1 aromatic heterocycles. The van der Waals surface area contributed by atoms with Crippen LogP contribution in [0.2, 0.25) is 0 Å². The number of hydrazine groups is 1. The Morgan fingerprint density at radius 1 is 0.955 bits per heavy atom. The van der Waals surface area contributed by atoms with Gasteiger partial charge in [-0.3, -0.25) is 10.2 Å². The van der Waals surface area contributed by atoms with E-state index in [1.807, 2.05) is 49.4 Å². The topological polar surface area (TPSA) is 60.0 Å². The van der Waals surface area contributed by atoms with Gasteiger partial charge in [0, 0.05) is 5.69 Å². The number of nitrogen functional groups attached to an aromatic ring is 1. The van der Waals surface area contributed by atoms with Crippen molar-refractivity contribution in [3.63, 3.8) is 0 Å². The molecular weight excluding hydrogens is 274 g/mol. The summed E-state index contributed by atoms with van der Waals surface area (Å²) in [5.41, 5.74) is 6.75. The first-order chi connectivity index (χ1) is 10.7. The predicted molar refractivity (Wildman–Crippen MR) is 87.6 cm³/mol. The fourth-order valence-corrected chi connectivity index (χ4v) is 2.63. The zero-order chi connectivity index (χ0) is 15.5. The zero-order valence-corrected chi connectivity index (χ0v) is 12.3. The van der Waals surface area contributed by atoms with E-state index < -0.39 is 0 Å². The number of rotatable bonds is 3. The highest BCUT2D eigenvalue weighted by molar-refractivity contribution is 5.97. The summed E-state index contributed by atoms with van der Waals surface area (Å²) in [6.45, 7) is 2.02. The standard InChI is InChI=1S/C18H17N3O/c1-13-11-12-16(14-7-3-2-4-8-14)21(13)17-10-6-5-9-15(17)18(22)20-19/h2-12H,19H2,1H3,(H,20,22). The number of benzene rings is 2. The third-order valence-electron chi connectivity index (χ3n) is 3.67. The number of hydrogen-bond acceptors (Lipinski definition) is 2. The normalized spacial score (nSPS) is 10.5. The van der Waals surface area contributed by atoms with Crippen molar-refractivity contribution in [2.24, 2.45) is 5.84 Å². The van der Waals surface area contributed by atoms with Gasteiger partial charge in [-0.05, 0) is 36.8 Å². The molecule has 0 aliphatic carbocycles. The van der Waals surface area contributed by atoms with Crippen LogP contribution in [-0.2, 0) is 0 Å². The second kappa shape index (κ2) is 5.87. The highest BCUT2D eigenvalue weighted by atomic mass is 16.2. The molecular formula is C18H17N3O. The van der Waals surface area contributed by atoms with E-state index in [9.17, 15) is 4.79 Å². The number of amides is 1. The van der Waals surface area contributed by atoms with Crippen molar-refractivity contribution < 1.29 is 4.79 Å². The molecule has 3 rings (SSSR count). The van der Waals surface area contributed by atoms with Gasteiger partial charge < -0.3 is 4.57 Å². The fourth-order valence-electron chi connectivity index (χ4n) is 2.63. The summed E-state index contributed by atoms with van der Waals surface area (Å²) >= 11 is 0. The Hall–Kier alpha value is -2.85. The highest BCUT2D eigenvalue weighted by Gasteiger charge is 2.15. The van der Waals surface area contributed by atoms with Crippen LogP contribution in [0.25, 0.3) is 16.9 Å². The third kappa shape index (κ3) is 2.40. The number of nitrogens with zero attached hydrogens (tertiary/aromatic N) is 1. The lowest BCUT2D eigenvalue weighted by Crippen LogP contribution is -2.31. The minimum atomic E-state index is -0.303. The minimum Gasteiger partial charge on any atom is -0.313 e. The Morgan fingerprint density at radius 2 is 1.64 bits per heavy atom. The van der Waals surface area contributed by atoms with Crippen LogP contribution < -0.4 is 11.3 Å². The van der Waals surface area contributed by atoms with Crippen molar-refractivity contribution in [1.29, 1.82) is 0 Å². The van der Waals surface area contributed by atoms with Crippen LogP contribution in [0, 0.1) is 6.92 Å². The summed E-state index contributed by atoms with van der Waals surface area (Å²) in [7, 11) is 0. The molecule has 0 spiro atoms. The van der Waals surface area contributed by atoms with E-state index in [1.54, 1.807) is 6.07 Å². The van der Waals surface area contributed by atoms with Crippen LogP contribution >= 0.6 is 0 Å². The lowest BCUT2D eigenvalue weighted by atomic mass is 10.1. The van der Waals surface area contributed by atoms with Gasteiger partial charge >= 0.3 is 0 Å². The summed E-state index contributed by atoms with van der Waals surface area (Å²) in [6, 6.07) is 21.6. The van der Waals surface area contributed by atoms with E-state index in [0.717, 1.165) is 22.6 Å². The molecule has 3 aromatic rings. The van der Waals surface area contributed by atoms with Crippen molar-refractivity contribution in [2.45, 2.75) is 6.92 Å². The molecule has 0 aliphatic rings. The van der Waals surface area contributed by atoms with Crippen molar-refractivity contribution in [3.05, 3.63) is 78.0 Å². The maximum atomic E-state index is 12.0. The fraction of sp³-hybridized carbons (Fsp3) is 0.0556. The number of para-hydroxylation sites is 1. The molecule has 22 heavy (non-hydrogen) atoms. The SMILES string of the molecule is Cc1ccc(-c2ccccc2)n1-c1ccccc1C(=O)NN. The number of hydrogen-bond donors (Lipinski definition) is 2. The molecule has 0 saturated carbocycles. The average Bonchev–Trinajstić information content (AvgIpc) is 2.96. The maximum Gasteiger partial charge on any atom is 0.267 e. The molecule has 1 amide bonds. The van der Waals surface area contributed by atoms with Crippen LogP contribution in [0.5, 0.6) is 0 Å². The summed E-state index contributed by atoms with van der Waals surface area (Å²) in [5.74, 6) is 5.00. The smallest absolute Gasteiger partial charge is 0.267 e. The average molecular weight is 291 g/mol. The van der Waals surface area contributed by atoms with Crippen molar-refractivity contribution in [3.8, 4) is 16.9 Å². The largest absolute Gasteiger partial charge is 0.313 e. The summed E-state index contributed by atoms with van der Waals surface area (Å²) < 4.78 is 2.07. The van der Waals surface area contributed by atoms with Gasteiger partial charge in [-0.25, -0.2) is 5.84 Å². The molecule has 0 unspecified atom stereocenters. The van der Waals surface area contributed by atoms with E-state index in [1.165, 1.54) is 0 Å². The van der Waals surface area contributed by atoms with E-state index in [4.69, 9.17) is 5.84 Å². The Balaban J connectivity index is 2.23. The molecule has 0 radical (unpaired) electrons.